The molecule has 5 aromatic rings. The molecule has 0 saturated carbocycles. The molecule has 0 amide bonds. The molecule has 0 radical (unpaired) electrons. The fourth-order valence-electron chi connectivity index (χ4n) is 3.66. The second-order valence-electron chi connectivity index (χ2n) is 7.39. The summed E-state index contributed by atoms with van der Waals surface area (Å²) < 4.78 is 9.35. The van der Waals surface area contributed by atoms with Crippen LogP contribution in [0.3, 0.4) is 0 Å². The van der Waals surface area contributed by atoms with E-state index in [0.717, 1.165) is 24.8 Å². The Labute approximate surface area is 190 Å². The maximum atomic E-state index is 13.2. The molecule has 0 saturated heterocycles. The van der Waals surface area contributed by atoms with E-state index in [1.54, 1.807) is 28.9 Å². The first kappa shape index (κ1) is 20.5. The van der Waals surface area contributed by atoms with E-state index < -0.39 is 0 Å². The minimum Gasteiger partial charge on any atom is -0.334 e. The Bertz CT molecular complexity index is 1430. The van der Waals surface area contributed by atoms with E-state index in [1.807, 2.05) is 4.57 Å². The molecule has 11 nitrogen and oxygen atoms in total. The molecular weight excluding hydrogens is 478 g/mol. The maximum Gasteiger partial charge on any atom is 0.286 e. The Kier molecular flexibility index (Phi) is 5.52. The van der Waals surface area contributed by atoms with Gasteiger partial charge in [0.05, 0.1) is 0 Å². The standard InChI is InChI=1S/C20H20BrN9O2/c1-2-3-4-11-29-16-15(24-19(21)25-16)18(31)30-14(26-27-20(29)30)6-5-13-23-17(32-28-13)12-7-9-22-10-8-12/h7-10H,2-6,11H2,1H3,(H,24,25). The molecule has 5 aromatic heterocycles. The first-order chi connectivity index (χ1) is 15.7. The number of imidazole rings is 1. The summed E-state index contributed by atoms with van der Waals surface area (Å²) in [5.74, 6) is 1.98. The van der Waals surface area contributed by atoms with E-state index in [1.165, 1.54) is 0 Å². The fraction of sp³-hybridized carbons (Fsp3) is 0.350. The molecule has 0 unspecified atom stereocenters. The normalized spacial score (nSPS) is 11.7. The highest BCUT2D eigenvalue weighted by Crippen LogP contribution is 2.18. The summed E-state index contributed by atoms with van der Waals surface area (Å²) in [6, 6.07) is 3.61. The average molecular weight is 498 g/mol. The molecule has 0 bridgehead atoms. The Morgan fingerprint density at radius 3 is 2.78 bits per heavy atom. The van der Waals surface area contributed by atoms with E-state index >= 15 is 0 Å². The van der Waals surface area contributed by atoms with Gasteiger partial charge in [0.2, 0.25) is 5.78 Å². The molecule has 5 heterocycles. The van der Waals surface area contributed by atoms with Gasteiger partial charge in [-0.1, -0.05) is 24.9 Å². The van der Waals surface area contributed by atoms with Crippen LogP contribution in [0.15, 0.2) is 38.6 Å². The molecule has 0 atom stereocenters. The summed E-state index contributed by atoms with van der Waals surface area (Å²) in [5, 5.41) is 12.7. The number of aryl methyl sites for hydroxylation is 3. The van der Waals surface area contributed by atoms with Crippen LogP contribution in [0.1, 0.15) is 37.8 Å². The number of nitrogens with zero attached hydrogens (tertiary/aromatic N) is 8. The number of aromatic nitrogens is 9. The third-order valence-corrected chi connectivity index (χ3v) is 5.61. The zero-order chi connectivity index (χ0) is 22.1. The highest BCUT2D eigenvalue weighted by atomic mass is 79.9. The quantitative estimate of drug-likeness (QED) is 0.255. The number of halogens is 1. The zero-order valence-electron chi connectivity index (χ0n) is 17.3. The Balaban J connectivity index is 1.47. The number of hydrogen-bond acceptors (Lipinski definition) is 8. The number of hydrogen-bond donors (Lipinski definition) is 1. The number of pyridine rings is 1. The fourth-order valence-corrected chi connectivity index (χ4v) is 4.02. The minimum atomic E-state index is -0.231. The average Bonchev–Trinajstić information content (AvgIpc) is 3.53. The molecule has 12 heteroatoms. The second kappa shape index (κ2) is 8.61. The summed E-state index contributed by atoms with van der Waals surface area (Å²) in [4.78, 5) is 29.1. The van der Waals surface area contributed by atoms with Crippen molar-refractivity contribution >= 4 is 32.9 Å². The SMILES string of the molecule is CCCCCn1c2nc(Br)[nH]c2c(=O)n2c(CCc3noc(-c4ccncc4)n3)nnc12. The van der Waals surface area contributed by atoms with E-state index in [4.69, 9.17) is 4.52 Å². The molecule has 0 aliphatic carbocycles. The monoisotopic (exact) mass is 497 g/mol. The Morgan fingerprint density at radius 1 is 1.12 bits per heavy atom. The van der Waals surface area contributed by atoms with Crippen molar-refractivity contribution in [2.75, 3.05) is 0 Å². The highest BCUT2D eigenvalue weighted by Gasteiger charge is 2.20. The van der Waals surface area contributed by atoms with Gasteiger partial charge in [0.25, 0.3) is 11.4 Å². The molecular formula is C20H20BrN9O2. The molecule has 0 aromatic carbocycles. The minimum absolute atomic E-state index is 0.231. The van der Waals surface area contributed by atoms with Crippen molar-refractivity contribution in [3.8, 4) is 11.5 Å². The number of unbranched alkanes of at least 4 members (excludes halogenated alkanes) is 2. The summed E-state index contributed by atoms with van der Waals surface area (Å²) in [5.41, 5.74) is 1.56. The molecule has 32 heavy (non-hydrogen) atoms. The largest absolute Gasteiger partial charge is 0.334 e. The predicted octanol–water partition coefficient (Wildman–Crippen LogP) is 2.95. The molecule has 5 rings (SSSR count). The second-order valence-corrected chi connectivity index (χ2v) is 8.14. The van der Waals surface area contributed by atoms with Gasteiger partial charge in [-0.2, -0.15) is 4.98 Å². The van der Waals surface area contributed by atoms with Crippen molar-refractivity contribution in [2.45, 2.75) is 45.6 Å². The van der Waals surface area contributed by atoms with Gasteiger partial charge >= 0.3 is 0 Å². The number of rotatable bonds is 8. The lowest BCUT2D eigenvalue weighted by Crippen LogP contribution is -2.21. The first-order valence-electron chi connectivity index (χ1n) is 10.4. The van der Waals surface area contributed by atoms with Gasteiger partial charge in [-0.3, -0.25) is 14.3 Å². The van der Waals surface area contributed by atoms with Crippen molar-refractivity contribution < 1.29 is 4.52 Å². The van der Waals surface area contributed by atoms with Crippen LogP contribution >= 0.6 is 15.9 Å². The Morgan fingerprint density at radius 2 is 1.97 bits per heavy atom. The molecule has 0 spiro atoms. The van der Waals surface area contributed by atoms with Gasteiger partial charge in [-0.25, -0.2) is 9.38 Å². The molecule has 164 valence electrons. The summed E-state index contributed by atoms with van der Waals surface area (Å²) in [6.07, 6.45) is 7.34. The topological polar surface area (TPSA) is 133 Å². The van der Waals surface area contributed by atoms with Crippen LogP contribution < -0.4 is 5.56 Å². The van der Waals surface area contributed by atoms with E-state index in [9.17, 15) is 4.79 Å². The Hall–Kier alpha value is -3.41. The van der Waals surface area contributed by atoms with Gasteiger partial charge in [0.1, 0.15) is 5.82 Å². The lowest BCUT2D eigenvalue weighted by atomic mass is 10.2. The molecule has 0 aliphatic rings. The van der Waals surface area contributed by atoms with Gasteiger partial charge < -0.3 is 9.51 Å². The van der Waals surface area contributed by atoms with Crippen molar-refractivity contribution in [3.63, 3.8) is 0 Å². The van der Waals surface area contributed by atoms with Crippen LogP contribution in [0, 0.1) is 0 Å². The predicted molar refractivity (Wildman–Crippen MR) is 119 cm³/mol. The van der Waals surface area contributed by atoms with E-state index in [0.29, 0.717) is 58.6 Å². The lowest BCUT2D eigenvalue weighted by molar-refractivity contribution is 0.422. The van der Waals surface area contributed by atoms with Gasteiger partial charge in [-0.05, 0) is 34.5 Å². The highest BCUT2D eigenvalue weighted by molar-refractivity contribution is 9.10. The van der Waals surface area contributed by atoms with Crippen LogP contribution in [-0.4, -0.2) is 44.3 Å². The summed E-state index contributed by atoms with van der Waals surface area (Å²) in [6.45, 7) is 2.85. The first-order valence-corrected chi connectivity index (χ1v) is 11.2. The van der Waals surface area contributed by atoms with Gasteiger partial charge in [-0.15, -0.1) is 10.2 Å². The summed E-state index contributed by atoms with van der Waals surface area (Å²) in [7, 11) is 0. The van der Waals surface area contributed by atoms with E-state index in [-0.39, 0.29) is 5.56 Å². The third kappa shape index (κ3) is 3.70. The number of nitrogens with one attached hydrogen (secondary N) is 1. The van der Waals surface area contributed by atoms with Crippen LogP contribution in [0.2, 0.25) is 0 Å². The van der Waals surface area contributed by atoms with Gasteiger partial charge in [0, 0.05) is 37.3 Å². The molecule has 0 fully saturated rings. The van der Waals surface area contributed by atoms with Crippen molar-refractivity contribution in [1.29, 1.82) is 0 Å². The zero-order valence-corrected chi connectivity index (χ0v) is 18.9. The van der Waals surface area contributed by atoms with E-state index in [2.05, 4.69) is 58.1 Å². The van der Waals surface area contributed by atoms with Gasteiger partial charge in [0.15, 0.2) is 21.7 Å². The number of fused-ring (bicyclic) bond motifs is 2. The number of aromatic amines is 1. The maximum absolute atomic E-state index is 13.2. The van der Waals surface area contributed by atoms with Crippen LogP contribution in [0.4, 0.5) is 0 Å². The van der Waals surface area contributed by atoms with Crippen LogP contribution in [-0.2, 0) is 19.4 Å². The van der Waals surface area contributed by atoms with Crippen molar-refractivity contribution in [1.82, 2.24) is 44.3 Å². The van der Waals surface area contributed by atoms with Crippen LogP contribution in [0.5, 0.6) is 0 Å². The smallest absolute Gasteiger partial charge is 0.286 e. The van der Waals surface area contributed by atoms with Crippen LogP contribution in [0.25, 0.3) is 28.4 Å². The van der Waals surface area contributed by atoms with Crippen molar-refractivity contribution in [2.24, 2.45) is 0 Å². The molecule has 0 aliphatic heterocycles. The lowest BCUT2D eigenvalue weighted by Gasteiger charge is -2.09. The van der Waals surface area contributed by atoms with Crippen molar-refractivity contribution in [3.05, 3.63) is 51.3 Å². The third-order valence-electron chi connectivity index (χ3n) is 5.24. The summed E-state index contributed by atoms with van der Waals surface area (Å²) >= 11 is 3.34. The number of H-pyrrole nitrogens is 1. The molecule has 1 N–H and O–H groups in total.